The van der Waals surface area contributed by atoms with Gasteiger partial charge in [0.15, 0.2) is 5.96 Å². The first-order valence-corrected chi connectivity index (χ1v) is 9.05. The lowest BCUT2D eigenvalue weighted by Gasteiger charge is -2.26. The molecular weight excluding hydrogens is 415 g/mol. The zero-order valence-electron chi connectivity index (χ0n) is 15.9. The molecule has 0 heterocycles. The number of nitrogens with zero attached hydrogens (tertiary/aromatic N) is 2. The third kappa shape index (κ3) is 6.76. The van der Waals surface area contributed by atoms with Crippen LogP contribution < -0.4 is 10.6 Å². The third-order valence-electron chi connectivity index (χ3n) is 4.88. The molecule has 2 rings (SSSR count). The van der Waals surface area contributed by atoms with E-state index in [0.29, 0.717) is 12.6 Å². The maximum Gasteiger partial charge on any atom is 0.240 e. The lowest BCUT2D eigenvalue weighted by molar-refractivity contribution is -0.122. The molecule has 0 aromatic carbocycles. The first-order valence-electron chi connectivity index (χ1n) is 9.05. The number of likely N-dealkylation sites (N-methyl/N-ethyl adjacent to an activating group) is 1. The van der Waals surface area contributed by atoms with Gasteiger partial charge in [0, 0.05) is 25.7 Å². The summed E-state index contributed by atoms with van der Waals surface area (Å²) in [7, 11) is 3.72. The lowest BCUT2D eigenvalue weighted by atomic mass is 9.85. The molecule has 0 aliphatic heterocycles. The van der Waals surface area contributed by atoms with Crippen molar-refractivity contribution in [3.63, 3.8) is 0 Å². The average molecular weight is 450 g/mol. The minimum Gasteiger partial charge on any atom is -0.353 e. The predicted octanol–water partition coefficient (Wildman–Crippen LogP) is 3.00. The Balaban J connectivity index is 0.00000288. The molecule has 5 nitrogen and oxygen atoms in total. The zero-order chi connectivity index (χ0) is 17.0. The van der Waals surface area contributed by atoms with Gasteiger partial charge in [-0.2, -0.15) is 0 Å². The zero-order valence-corrected chi connectivity index (χ0v) is 18.2. The van der Waals surface area contributed by atoms with Crippen molar-refractivity contribution >= 4 is 35.8 Å². The average Bonchev–Trinajstić information content (AvgIpc) is 3.22. The highest BCUT2D eigenvalue weighted by Crippen LogP contribution is 2.44. The molecule has 2 aliphatic carbocycles. The first-order chi connectivity index (χ1) is 10.8. The van der Waals surface area contributed by atoms with Crippen LogP contribution in [0.3, 0.4) is 0 Å². The van der Waals surface area contributed by atoms with Gasteiger partial charge in [-0.15, -0.1) is 24.0 Å². The maximum atomic E-state index is 12.1. The second-order valence-corrected chi connectivity index (χ2v) is 8.25. The van der Waals surface area contributed by atoms with E-state index in [9.17, 15) is 4.79 Å². The Bertz CT molecular complexity index is 441. The van der Waals surface area contributed by atoms with Crippen LogP contribution in [0.15, 0.2) is 4.99 Å². The Hall–Kier alpha value is -0.530. The van der Waals surface area contributed by atoms with E-state index in [1.807, 2.05) is 32.7 Å². The fourth-order valence-corrected chi connectivity index (χ4v) is 3.72. The molecule has 140 valence electrons. The summed E-state index contributed by atoms with van der Waals surface area (Å²) in [6.07, 6.45) is 8.25. The quantitative estimate of drug-likeness (QED) is 0.394. The Labute approximate surface area is 164 Å². The van der Waals surface area contributed by atoms with Gasteiger partial charge < -0.3 is 15.5 Å². The summed E-state index contributed by atoms with van der Waals surface area (Å²) in [5.74, 6) is 2.57. The molecule has 0 saturated heterocycles. The highest BCUT2D eigenvalue weighted by Gasteiger charge is 2.43. The molecule has 0 bridgehead atoms. The van der Waals surface area contributed by atoms with Gasteiger partial charge in [-0.25, -0.2) is 0 Å². The fourth-order valence-electron chi connectivity index (χ4n) is 3.72. The van der Waals surface area contributed by atoms with Crippen molar-refractivity contribution in [2.45, 2.75) is 70.9 Å². The number of hydrogen-bond donors (Lipinski definition) is 2. The van der Waals surface area contributed by atoms with Gasteiger partial charge in [0.25, 0.3) is 0 Å². The highest BCUT2D eigenvalue weighted by molar-refractivity contribution is 14.0. The number of aliphatic imine (C=N–C) groups is 1. The Morgan fingerprint density at radius 1 is 1.21 bits per heavy atom. The highest BCUT2D eigenvalue weighted by atomic mass is 127. The summed E-state index contributed by atoms with van der Waals surface area (Å²) in [6.45, 7) is 6.32. The number of nitrogens with one attached hydrogen (secondary N) is 2. The molecule has 0 aromatic heterocycles. The Morgan fingerprint density at radius 2 is 1.83 bits per heavy atom. The van der Waals surface area contributed by atoms with E-state index >= 15 is 0 Å². The van der Waals surface area contributed by atoms with Gasteiger partial charge in [-0.3, -0.25) is 9.79 Å². The van der Waals surface area contributed by atoms with Crippen LogP contribution in [0, 0.1) is 11.8 Å². The van der Waals surface area contributed by atoms with Crippen molar-refractivity contribution in [3.05, 3.63) is 0 Å². The van der Waals surface area contributed by atoms with Crippen LogP contribution in [-0.2, 0) is 4.79 Å². The summed E-state index contributed by atoms with van der Waals surface area (Å²) in [5.41, 5.74) is -0.197. The van der Waals surface area contributed by atoms with Crippen LogP contribution in [0.1, 0.15) is 59.3 Å². The maximum absolute atomic E-state index is 12.1. The molecular formula is C18H35IN4O. The summed E-state index contributed by atoms with van der Waals surface area (Å²) in [4.78, 5) is 18.3. The fraction of sp³-hybridized carbons (Fsp3) is 0.889. The van der Waals surface area contributed by atoms with Gasteiger partial charge in [0.05, 0.1) is 6.54 Å². The van der Waals surface area contributed by atoms with Crippen molar-refractivity contribution in [2.75, 3.05) is 20.6 Å². The normalized spacial score (nSPS) is 24.8. The number of rotatable bonds is 4. The van der Waals surface area contributed by atoms with Gasteiger partial charge >= 0.3 is 0 Å². The van der Waals surface area contributed by atoms with Crippen molar-refractivity contribution < 1.29 is 4.79 Å². The van der Waals surface area contributed by atoms with Crippen LogP contribution >= 0.6 is 24.0 Å². The van der Waals surface area contributed by atoms with Gasteiger partial charge in [0.2, 0.25) is 5.91 Å². The smallest absolute Gasteiger partial charge is 0.240 e. The molecule has 0 spiro atoms. The number of hydrogen-bond acceptors (Lipinski definition) is 2. The summed E-state index contributed by atoms with van der Waals surface area (Å²) < 4.78 is 0. The number of halogens is 1. The van der Waals surface area contributed by atoms with Gasteiger partial charge in [-0.1, -0.05) is 32.1 Å². The minimum atomic E-state index is -0.197. The topological polar surface area (TPSA) is 56.7 Å². The van der Waals surface area contributed by atoms with Crippen molar-refractivity contribution in [1.82, 2.24) is 15.5 Å². The molecule has 2 fully saturated rings. The van der Waals surface area contributed by atoms with E-state index in [0.717, 1.165) is 17.8 Å². The van der Waals surface area contributed by atoms with E-state index in [4.69, 9.17) is 0 Å². The number of guanidine groups is 1. The van der Waals surface area contributed by atoms with E-state index < -0.39 is 0 Å². The van der Waals surface area contributed by atoms with Crippen LogP contribution in [0.2, 0.25) is 0 Å². The molecule has 2 atom stereocenters. The van der Waals surface area contributed by atoms with Crippen LogP contribution in [0.25, 0.3) is 0 Å². The third-order valence-corrected chi connectivity index (χ3v) is 4.88. The van der Waals surface area contributed by atoms with Crippen molar-refractivity contribution in [2.24, 2.45) is 16.8 Å². The molecule has 2 saturated carbocycles. The van der Waals surface area contributed by atoms with E-state index in [1.54, 1.807) is 7.05 Å². The Kier molecular flexibility index (Phi) is 8.29. The number of amides is 1. The molecule has 0 aromatic rings. The summed E-state index contributed by atoms with van der Waals surface area (Å²) in [5, 5.41) is 6.55. The van der Waals surface area contributed by atoms with Crippen LogP contribution in [0.4, 0.5) is 0 Å². The molecule has 0 radical (unpaired) electrons. The standard InChI is InChI=1S/C18H34N4O.HI/c1-18(2,3)21-16(23)12-22(5)17(19-4)20-15-11-14(15)13-9-7-6-8-10-13;/h13-15H,6-12H2,1-5H3,(H,19,20)(H,21,23);1H. The lowest BCUT2D eigenvalue weighted by Crippen LogP contribution is -2.49. The molecule has 6 heteroatoms. The van der Waals surface area contributed by atoms with E-state index in [-0.39, 0.29) is 35.4 Å². The number of carbonyl (C=O) groups excluding carboxylic acids is 1. The van der Waals surface area contributed by atoms with Gasteiger partial charge in [-0.05, 0) is 39.0 Å². The summed E-state index contributed by atoms with van der Waals surface area (Å²) >= 11 is 0. The molecule has 2 N–H and O–H groups in total. The molecule has 2 unspecified atom stereocenters. The van der Waals surface area contributed by atoms with E-state index in [1.165, 1.54) is 38.5 Å². The van der Waals surface area contributed by atoms with Gasteiger partial charge in [0.1, 0.15) is 0 Å². The monoisotopic (exact) mass is 450 g/mol. The van der Waals surface area contributed by atoms with Crippen LogP contribution in [0.5, 0.6) is 0 Å². The second kappa shape index (κ2) is 9.25. The Morgan fingerprint density at radius 3 is 2.38 bits per heavy atom. The van der Waals surface area contributed by atoms with Crippen molar-refractivity contribution in [1.29, 1.82) is 0 Å². The SMILES string of the molecule is CN=C(NC1CC1C1CCCCC1)N(C)CC(=O)NC(C)(C)C.I. The summed E-state index contributed by atoms with van der Waals surface area (Å²) in [6, 6.07) is 0.546. The molecule has 24 heavy (non-hydrogen) atoms. The first kappa shape index (κ1) is 21.5. The van der Waals surface area contributed by atoms with E-state index in [2.05, 4.69) is 15.6 Å². The second-order valence-electron chi connectivity index (χ2n) is 8.25. The van der Waals surface area contributed by atoms with Crippen LogP contribution in [-0.4, -0.2) is 49.0 Å². The van der Waals surface area contributed by atoms with Crippen molar-refractivity contribution in [3.8, 4) is 0 Å². The molecule has 1 amide bonds. The molecule has 2 aliphatic rings. The predicted molar refractivity (Wildman–Crippen MR) is 111 cm³/mol. The largest absolute Gasteiger partial charge is 0.353 e. The minimum absolute atomic E-state index is 0. The number of carbonyl (C=O) groups is 1.